The van der Waals surface area contributed by atoms with E-state index in [0.717, 1.165) is 28.8 Å². The summed E-state index contributed by atoms with van der Waals surface area (Å²) >= 11 is 0. The van der Waals surface area contributed by atoms with E-state index < -0.39 is 5.97 Å². The number of methoxy groups -OCH3 is 1. The Morgan fingerprint density at radius 3 is 2.94 bits per heavy atom. The Hall–Kier alpha value is -3.19. The van der Waals surface area contributed by atoms with Crippen molar-refractivity contribution in [2.45, 2.75) is 25.7 Å². The Labute approximate surface area is 182 Å². The highest BCUT2D eigenvalue weighted by Crippen LogP contribution is 2.28. The third-order valence-electron chi connectivity index (χ3n) is 5.82. The number of imidazole rings is 1. The van der Waals surface area contributed by atoms with Crippen LogP contribution in [0, 0.1) is 0 Å². The number of likely N-dealkylation sites (tertiary alicyclic amines) is 1. The Morgan fingerprint density at radius 1 is 1.26 bits per heavy atom. The predicted molar refractivity (Wildman–Crippen MR) is 121 cm³/mol. The highest BCUT2D eigenvalue weighted by molar-refractivity contribution is 6.01. The molecule has 4 rings (SSSR count). The van der Waals surface area contributed by atoms with Crippen LogP contribution in [0.25, 0.3) is 16.7 Å². The summed E-state index contributed by atoms with van der Waals surface area (Å²) in [6.07, 6.45) is 4.34. The van der Waals surface area contributed by atoms with Crippen molar-refractivity contribution in [2.24, 2.45) is 5.16 Å². The van der Waals surface area contributed by atoms with Crippen molar-refractivity contribution in [1.29, 1.82) is 0 Å². The van der Waals surface area contributed by atoms with Gasteiger partial charge in [-0.3, -0.25) is 4.57 Å². The van der Waals surface area contributed by atoms with Crippen LogP contribution in [0.5, 0.6) is 0 Å². The molecule has 7 nitrogen and oxygen atoms in total. The molecule has 1 saturated heterocycles. The van der Waals surface area contributed by atoms with Gasteiger partial charge in [0.1, 0.15) is 6.33 Å². The van der Waals surface area contributed by atoms with Crippen molar-refractivity contribution >= 4 is 22.7 Å². The number of hydrogen-bond acceptors (Lipinski definition) is 6. The van der Waals surface area contributed by atoms with Gasteiger partial charge in [0.2, 0.25) is 6.61 Å². The number of carbonyl (C=O) groups is 1. The van der Waals surface area contributed by atoms with Gasteiger partial charge >= 0.3 is 5.97 Å². The highest BCUT2D eigenvalue weighted by atomic mass is 16.6. The predicted octanol–water partition coefficient (Wildman–Crippen LogP) is 3.75. The number of oxime groups is 1. The second-order valence-corrected chi connectivity index (χ2v) is 8.04. The van der Waals surface area contributed by atoms with Crippen LogP contribution in [-0.2, 0) is 14.4 Å². The topological polar surface area (TPSA) is 69.0 Å². The smallest absolute Gasteiger partial charge is 0.346 e. The molecule has 1 aliphatic rings. The van der Waals surface area contributed by atoms with Gasteiger partial charge in [-0.1, -0.05) is 23.4 Å². The van der Waals surface area contributed by atoms with Gasteiger partial charge in [-0.2, -0.15) is 0 Å². The fraction of sp³-hybridized carbons (Fsp3) is 0.375. The normalized spacial score (nSPS) is 17.6. The molecule has 1 aromatic heterocycles. The molecule has 0 spiro atoms. The number of benzene rings is 2. The van der Waals surface area contributed by atoms with Gasteiger partial charge in [-0.25, -0.2) is 9.78 Å². The van der Waals surface area contributed by atoms with Crippen LogP contribution in [0.4, 0.5) is 0 Å². The molecule has 2 heterocycles. The molecular formula is C24H28N4O3. The molecule has 1 fully saturated rings. The zero-order chi connectivity index (χ0) is 21.8. The van der Waals surface area contributed by atoms with Crippen molar-refractivity contribution < 1.29 is 14.4 Å². The van der Waals surface area contributed by atoms with Crippen molar-refractivity contribution in [3.05, 3.63) is 59.9 Å². The SMILES string of the molecule is COC(=O)CON=C(C)c1ccc2c(c1)ncn2-c1cccc(C2CCCN(C)C2)c1. The van der Waals surface area contributed by atoms with Gasteiger partial charge in [-0.05, 0) is 69.1 Å². The van der Waals surface area contributed by atoms with Crippen LogP contribution >= 0.6 is 0 Å². The first kappa shape index (κ1) is 21.1. The van der Waals surface area contributed by atoms with E-state index in [1.54, 1.807) is 0 Å². The summed E-state index contributed by atoms with van der Waals surface area (Å²) in [6, 6.07) is 14.8. The summed E-state index contributed by atoms with van der Waals surface area (Å²) in [5.41, 5.74) is 5.97. The van der Waals surface area contributed by atoms with Crippen molar-refractivity contribution in [3.63, 3.8) is 0 Å². The number of rotatable bonds is 6. The standard InChI is InChI=1S/C24H28N4O3/c1-17(26-31-15-24(29)30-3)18-9-10-23-22(13-18)25-16-28(23)21-8-4-6-19(12-21)20-7-5-11-27(2)14-20/h4,6,8-10,12-13,16,20H,5,7,11,14-15H2,1-3H3. The number of piperidine rings is 1. The zero-order valence-electron chi connectivity index (χ0n) is 18.2. The summed E-state index contributed by atoms with van der Waals surface area (Å²) in [5.74, 6) is 0.108. The van der Waals surface area contributed by atoms with Gasteiger partial charge in [0.25, 0.3) is 0 Å². The van der Waals surface area contributed by atoms with Gasteiger partial charge < -0.3 is 14.5 Å². The van der Waals surface area contributed by atoms with E-state index in [0.29, 0.717) is 11.6 Å². The average Bonchev–Trinajstić information content (AvgIpc) is 3.22. The van der Waals surface area contributed by atoms with Crippen LogP contribution in [0.15, 0.2) is 53.9 Å². The lowest BCUT2D eigenvalue weighted by molar-refractivity contribution is -0.145. The Morgan fingerprint density at radius 2 is 2.13 bits per heavy atom. The first-order chi connectivity index (χ1) is 15.0. The average molecular weight is 421 g/mol. The molecule has 1 atom stereocenters. The van der Waals surface area contributed by atoms with Crippen LogP contribution in [0.3, 0.4) is 0 Å². The summed E-state index contributed by atoms with van der Waals surface area (Å²) in [4.78, 5) is 23.2. The molecule has 162 valence electrons. The number of fused-ring (bicyclic) bond motifs is 1. The van der Waals surface area contributed by atoms with Gasteiger partial charge in [0, 0.05) is 17.8 Å². The van der Waals surface area contributed by atoms with Crippen LogP contribution in [0.1, 0.15) is 36.8 Å². The summed E-state index contributed by atoms with van der Waals surface area (Å²) in [7, 11) is 3.51. The summed E-state index contributed by atoms with van der Waals surface area (Å²) < 4.78 is 6.66. The van der Waals surface area contributed by atoms with E-state index in [-0.39, 0.29) is 6.61 Å². The fourth-order valence-corrected chi connectivity index (χ4v) is 4.10. The largest absolute Gasteiger partial charge is 0.466 e. The van der Waals surface area contributed by atoms with Crippen molar-refractivity contribution in [1.82, 2.24) is 14.5 Å². The molecule has 0 saturated carbocycles. The lowest BCUT2D eigenvalue weighted by Gasteiger charge is -2.30. The monoisotopic (exact) mass is 420 g/mol. The van der Waals surface area contributed by atoms with E-state index in [1.165, 1.54) is 32.1 Å². The maximum atomic E-state index is 11.2. The lowest BCUT2D eigenvalue weighted by atomic mass is 9.90. The third kappa shape index (κ3) is 4.77. The first-order valence-electron chi connectivity index (χ1n) is 10.5. The molecule has 0 aliphatic carbocycles. The fourth-order valence-electron chi connectivity index (χ4n) is 4.10. The molecule has 0 bridgehead atoms. The maximum absolute atomic E-state index is 11.2. The van der Waals surface area contributed by atoms with Crippen molar-refractivity contribution in [2.75, 3.05) is 33.9 Å². The molecule has 7 heteroatoms. The molecule has 31 heavy (non-hydrogen) atoms. The number of ether oxygens (including phenoxy) is 1. The zero-order valence-corrected chi connectivity index (χ0v) is 18.2. The lowest BCUT2D eigenvalue weighted by Crippen LogP contribution is -2.30. The van der Waals surface area contributed by atoms with Crippen LogP contribution < -0.4 is 0 Å². The Balaban J connectivity index is 1.57. The van der Waals surface area contributed by atoms with Crippen LogP contribution in [-0.4, -0.2) is 60.0 Å². The highest BCUT2D eigenvalue weighted by Gasteiger charge is 2.19. The molecule has 1 unspecified atom stereocenters. The molecule has 1 aliphatic heterocycles. The van der Waals surface area contributed by atoms with Crippen LogP contribution in [0.2, 0.25) is 0 Å². The minimum absolute atomic E-state index is 0.210. The van der Waals surface area contributed by atoms with E-state index in [4.69, 9.17) is 4.84 Å². The van der Waals surface area contributed by atoms with E-state index in [2.05, 4.69) is 55.7 Å². The molecule has 3 aromatic rings. The minimum Gasteiger partial charge on any atom is -0.466 e. The quantitative estimate of drug-likeness (QED) is 0.345. The minimum atomic E-state index is -0.465. The number of carbonyl (C=O) groups excluding carboxylic acids is 1. The third-order valence-corrected chi connectivity index (χ3v) is 5.82. The number of aromatic nitrogens is 2. The van der Waals surface area contributed by atoms with E-state index >= 15 is 0 Å². The number of likely N-dealkylation sites (N-methyl/N-ethyl adjacent to an activating group) is 1. The maximum Gasteiger partial charge on any atom is 0.346 e. The van der Waals surface area contributed by atoms with Gasteiger partial charge in [-0.15, -0.1) is 0 Å². The Kier molecular flexibility index (Phi) is 6.32. The van der Waals surface area contributed by atoms with E-state index in [1.807, 2.05) is 31.5 Å². The molecule has 0 radical (unpaired) electrons. The molecular weight excluding hydrogens is 392 g/mol. The second-order valence-electron chi connectivity index (χ2n) is 8.04. The number of nitrogens with zero attached hydrogens (tertiary/aromatic N) is 4. The molecule has 0 amide bonds. The Bertz CT molecular complexity index is 1110. The molecule has 2 aromatic carbocycles. The van der Waals surface area contributed by atoms with Gasteiger partial charge in [0.05, 0.1) is 23.9 Å². The molecule has 0 N–H and O–H groups in total. The number of esters is 1. The second kappa shape index (κ2) is 9.31. The summed E-state index contributed by atoms with van der Waals surface area (Å²) in [5, 5.41) is 4.00. The number of hydrogen-bond donors (Lipinski definition) is 0. The van der Waals surface area contributed by atoms with E-state index in [9.17, 15) is 4.79 Å². The first-order valence-corrected chi connectivity index (χ1v) is 10.5. The van der Waals surface area contributed by atoms with Gasteiger partial charge in [0.15, 0.2) is 0 Å². The summed E-state index contributed by atoms with van der Waals surface area (Å²) in [6.45, 7) is 3.91. The van der Waals surface area contributed by atoms with Crippen molar-refractivity contribution in [3.8, 4) is 5.69 Å².